The van der Waals surface area contributed by atoms with Gasteiger partial charge in [-0.25, -0.2) is 0 Å². The summed E-state index contributed by atoms with van der Waals surface area (Å²) in [6.07, 6.45) is 2.46. The van der Waals surface area contributed by atoms with Crippen LogP contribution in [0, 0.1) is 0 Å². The number of nitrogens with two attached hydrogens (primary N) is 1. The van der Waals surface area contributed by atoms with Crippen molar-refractivity contribution in [3.63, 3.8) is 0 Å². The fourth-order valence-corrected chi connectivity index (χ4v) is 3.07. The number of rotatable bonds is 5. The summed E-state index contributed by atoms with van der Waals surface area (Å²) in [6, 6.07) is 5.82. The van der Waals surface area contributed by atoms with Crippen LogP contribution in [0.3, 0.4) is 0 Å². The normalized spacial score (nSPS) is 19.3. The minimum Gasteiger partial charge on any atom is -0.409 e. The number of hydrogen-bond acceptors (Lipinski definition) is 4. The summed E-state index contributed by atoms with van der Waals surface area (Å²) in [6.45, 7) is 4.58. The Hall–Kier alpha value is -1.27. The van der Waals surface area contributed by atoms with Crippen molar-refractivity contribution >= 4 is 27.5 Å². The molecule has 110 valence electrons. The molecule has 0 saturated carbocycles. The van der Waals surface area contributed by atoms with E-state index in [0.717, 1.165) is 48.3 Å². The summed E-state index contributed by atoms with van der Waals surface area (Å²) >= 11 is 3.47. The monoisotopic (exact) mass is 341 g/mol. The van der Waals surface area contributed by atoms with Crippen LogP contribution >= 0.6 is 15.9 Å². The number of halogens is 1. The first-order chi connectivity index (χ1) is 9.67. The Morgan fingerprint density at radius 1 is 1.60 bits per heavy atom. The van der Waals surface area contributed by atoms with Gasteiger partial charge < -0.3 is 20.6 Å². The third-order valence-corrected chi connectivity index (χ3v) is 4.19. The van der Waals surface area contributed by atoms with Gasteiger partial charge in [-0.15, -0.1) is 0 Å². The smallest absolute Gasteiger partial charge is 0.173 e. The molecule has 2 rings (SSSR count). The molecule has 0 amide bonds. The third-order valence-electron chi connectivity index (χ3n) is 3.53. The summed E-state index contributed by atoms with van der Waals surface area (Å²) in [5.41, 5.74) is 7.48. The Kier molecular flexibility index (Phi) is 5.25. The van der Waals surface area contributed by atoms with Crippen LogP contribution in [0.25, 0.3) is 0 Å². The number of likely N-dealkylation sites (N-methyl/N-ethyl adjacent to an activating group) is 1. The first-order valence-corrected chi connectivity index (χ1v) is 7.59. The lowest BCUT2D eigenvalue weighted by molar-refractivity contribution is 0.115. The number of hydrogen-bond donors (Lipinski definition) is 2. The number of anilines is 1. The number of oxime groups is 1. The highest BCUT2D eigenvalue weighted by Crippen LogP contribution is 2.29. The van der Waals surface area contributed by atoms with Crippen molar-refractivity contribution in [3.8, 4) is 0 Å². The largest absolute Gasteiger partial charge is 0.409 e. The van der Waals surface area contributed by atoms with E-state index in [2.05, 4.69) is 32.9 Å². The minimum atomic E-state index is 0.110. The van der Waals surface area contributed by atoms with Gasteiger partial charge in [0.05, 0.1) is 11.7 Å². The van der Waals surface area contributed by atoms with E-state index in [1.807, 2.05) is 18.2 Å². The van der Waals surface area contributed by atoms with Crippen LogP contribution in [0.4, 0.5) is 5.69 Å². The van der Waals surface area contributed by atoms with E-state index in [-0.39, 0.29) is 11.9 Å². The quantitative estimate of drug-likeness (QED) is 0.373. The minimum absolute atomic E-state index is 0.110. The molecule has 1 unspecified atom stereocenters. The van der Waals surface area contributed by atoms with E-state index in [4.69, 9.17) is 15.7 Å². The Morgan fingerprint density at radius 2 is 2.40 bits per heavy atom. The summed E-state index contributed by atoms with van der Waals surface area (Å²) < 4.78 is 6.52. The van der Waals surface area contributed by atoms with Gasteiger partial charge in [-0.2, -0.15) is 0 Å². The first kappa shape index (κ1) is 15.1. The topological polar surface area (TPSA) is 71.1 Å². The van der Waals surface area contributed by atoms with Gasteiger partial charge in [0.2, 0.25) is 0 Å². The number of ether oxygens (including phenoxy) is 1. The van der Waals surface area contributed by atoms with Gasteiger partial charge in [-0.05, 0) is 47.8 Å². The Morgan fingerprint density at radius 3 is 3.00 bits per heavy atom. The van der Waals surface area contributed by atoms with Crippen molar-refractivity contribution in [1.29, 1.82) is 0 Å². The third kappa shape index (κ3) is 3.24. The lowest BCUT2D eigenvalue weighted by Crippen LogP contribution is -2.34. The van der Waals surface area contributed by atoms with E-state index in [1.165, 1.54) is 0 Å². The summed E-state index contributed by atoms with van der Waals surface area (Å²) in [5, 5.41) is 12.1. The lowest BCUT2D eigenvalue weighted by Gasteiger charge is -2.28. The highest BCUT2D eigenvalue weighted by atomic mass is 79.9. The molecule has 0 aliphatic carbocycles. The van der Waals surface area contributed by atoms with E-state index in [1.54, 1.807) is 0 Å². The molecule has 1 heterocycles. The second-order valence-corrected chi connectivity index (χ2v) is 5.65. The molecule has 0 aromatic heterocycles. The predicted octanol–water partition coefficient (Wildman–Crippen LogP) is 2.55. The van der Waals surface area contributed by atoms with Crippen LogP contribution in [-0.2, 0) is 4.74 Å². The second-order valence-electron chi connectivity index (χ2n) is 4.79. The fourth-order valence-electron chi connectivity index (χ4n) is 2.51. The molecule has 0 spiro atoms. The van der Waals surface area contributed by atoms with E-state index >= 15 is 0 Å². The predicted molar refractivity (Wildman–Crippen MR) is 83.5 cm³/mol. The van der Waals surface area contributed by atoms with Crippen LogP contribution in [-0.4, -0.2) is 36.8 Å². The second kappa shape index (κ2) is 6.95. The molecule has 6 heteroatoms. The Balaban J connectivity index is 2.30. The molecule has 0 radical (unpaired) electrons. The molecule has 3 N–H and O–H groups in total. The number of amidine groups is 1. The highest BCUT2D eigenvalue weighted by molar-refractivity contribution is 9.10. The van der Waals surface area contributed by atoms with E-state index < -0.39 is 0 Å². The van der Waals surface area contributed by atoms with Crippen molar-refractivity contribution in [2.75, 3.05) is 24.6 Å². The molecule has 1 aromatic carbocycles. The molecule has 20 heavy (non-hydrogen) atoms. The van der Waals surface area contributed by atoms with Crippen LogP contribution < -0.4 is 10.6 Å². The molecule has 1 aliphatic rings. The molecule has 1 atom stereocenters. The molecular weight excluding hydrogens is 322 g/mol. The van der Waals surface area contributed by atoms with E-state index in [9.17, 15) is 0 Å². The summed E-state index contributed by atoms with van der Waals surface area (Å²) in [7, 11) is 0. The highest BCUT2D eigenvalue weighted by Gasteiger charge is 2.22. The molecule has 1 fully saturated rings. The average molecular weight is 342 g/mol. The van der Waals surface area contributed by atoms with Gasteiger partial charge >= 0.3 is 0 Å². The molecule has 1 aromatic rings. The van der Waals surface area contributed by atoms with Gasteiger partial charge in [0, 0.05) is 29.9 Å². The van der Waals surface area contributed by atoms with Gasteiger partial charge in [0.1, 0.15) is 0 Å². The van der Waals surface area contributed by atoms with E-state index in [0.29, 0.717) is 0 Å². The fraction of sp³-hybridized carbons (Fsp3) is 0.500. The average Bonchev–Trinajstić information content (AvgIpc) is 2.96. The standard InChI is InChI=1S/C14H20BrN3O2/c1-2-18(9-10-5-4-8-20-10)12-7-3-6-11(15)13(12)14(16)17-19/h3,6-7,10,19H,2,4-5,8-9H2,1H3,(H2,16,17). The zero-order valence-electron chi connectivity index (χ0n) is 11.6. The van der Waals surface area contributed by atoms with Crippen molar-refractivity contribution in [3.05, 3.63) is 28.2 Å². The van der Waals surface area contributed by atoms with Gasteiger partial charge in [0.15, 0.2) is 5.84 Å². The van der Waals surface area contributed by atoms with Crippen molar-refractivity contribution in [1.82, 2.24) is 0 Å². The zero-order valence-corrected chi connectivity index (χ0v) is 13.1. The van der Waals surface area contributed by atoms with Crippen LogP contribution in [0.5, 0.6) is 0 Å². The summed E-state index contributed by atoms with van der Waals surface area (Å²) in [4.78, 5) is 2.20. The maximum Gasteiger partial charge on any atom is 0.173 e. The SMILES string of the molecule is CCN(CC1CCCO1)c1cccc(Br)c1/C(N)=N/O. The Labute approximate surface area is 127 Å². The maximum absolute atomic E-state index is 8.97. The summed E-state index contributed by atoms with van der Waals surface area (Å²) in [5.74, 6) is 0.110. The van der Waals surface area contributed by atoms with Crippen molar-refractivity contribution in [2.45, 2.75) is 25.9 Å². The van der Waals surface area contributed by atoms with Crippen LogP contribution in [0.2, 0.25) is 0 Å². The van der Waals surface area contributed by atoms with Crippen LogP contribution in [0.15, 0.2) is 27.8 Å². The van der Waals surface area contributed by atoms with Crippen LogP contribution in [0.1, 0.15) is 25.3 Å². The Bertz CT molecular complexity index is 487. The zero-order chi connectivity index (χ0) is 14.5. The molecule has 0 bridgehead atoms. The van der Waals surface area contributed by atoms with Gasteiger partial charge in [-0.3, -0.25) is 0 Å². The number of benzene rings is 1. The molecular formula is C14H20BrN3O2. The number of nitrogens with zero attached hydrogens (tertiary/aromatic N) is 2. The van der Waals surface area contributed by atoms with Gasteiger partial charge in [0.25, 0.3) is 0 Å². The lowest BCUT2D eigenvalue weighted by atomic mass is 10.1. The molecule has 1 saturated heterocycles. The molecule has 1 aliphatic heterocycles. The van der Waals surface area contributed by atoms with Gasteiger partial charge in [-0.1, -0.05) is 11.2 Å². The first-order valence-electron chi connectivity index (χ1n) is 6.80. The van der Waals surface area contributed by atoms with Crippen molar-refractivity contribution < 1.29 is 9.94 Å². The van der Waals surface area contributed by atoms with Crippen molar-refractivity contribution in [2.24, 2.45) is 10.9 Å². The molecule has 5 nitrogen and oxygen atoms in total. The maximum atomic E-state index is 8.97.